The lowest BCUT2D eigenvalue weighted by atomic mass is 10.2. The summed E-state index contributed by atoms with van der Waals surface area (Å²) in [6.45, 7) is 0.806. The minimum absolute atomic E-state index is 0.0230. The molecule has 3 N–H and O–H groups in total. The van der Waals surface area contributed by atoms with Gasteiger partial charge in [0.05, 0.1) is 0 Å². The van der Waals surface area contributed by atoms with E-state index in [0.29, 0.717) is 0 Å². The van der Waals surface area contributed by atoms with E-state index in [1.54, 1.807) is 11.8 Å². The van der Waals surface area contributed by atoms with Crippen LogP contribution in [0.25, 0.3) is 0 Å². The van der Waals surface area contributed by atoms with Gasteiger partial charge in [-0.05, 0) is 32.1 Å². The lowest BCUT2D eigenvalue weighted by molar-refractivity contribution is 0.190. The Morgan fingerprint density at radius 3 is 2.71 bits per heavy atom. The van der Waals surface area contributed by atoms with Gasteiger partial charge in [-0.1, -0.05) is 18.2 Å². The number of nitrogens with one attached hydrogen (secondary N) is 2. The van der Waals surface area contributed by atoms with Gasteiger partial charge in [-0.3, -0.25) is 0 Å². The number of carboxylic acid groups (broad SMARTS) is 1. The van der Waals surface area contributed by atoms with Crippen LogP contribution in [-0.4, -0.2) is 36.6 Å². The van der Waals surface area contributed by atoms with Gasteiger partial charge < -0.3 is 15.7 Å². The van der Waals surface area contributed by atoms with E-state index in [4.69, 9.17) is 5.11 Å². The molecule has 0 spiro atoms. The first-order valence-corrected chi connectivity index (χ1v) is 6.53. The van der Waals surface area contributed by atoms with Gasteiger partial charge in [0.1, 0.15) is 0 Å². The topological polar surface area (TPSA) is 61.4 Å². The zero-order valence-corrected chi connectivity index (χ0v) is 10.7. The molecule has 5 heteroatoms. The van der Waals surface area contributed by atoms with Crippen molar-refractivity contribution in [2.75, 3.05) is 19.3 Å². The SMILES string of the molecule is CNCC[C@H](CSc1ccccc1)NC(=O)O. The summed E-state index contributed by atoms with van der Waals surface area (Å²) in [6.07, 6.45) is -0.164. The van der Waals surface area contributed by atoms with Crippen molar-refractivity contribution in [3.05, 3.63) is 30.3 Å². The van der Waals surface area contributed by atoms with Crippen LogP contribution in [0.15, 0.2) is 35.2 Å². The third-order valence-electron chi connectivity index (χ3n) is 2.26. The molecule has 1 aromatic carbocycles. The summed E-state index contributed by atoms with van der Waals surface area (Å²) in [5, 5.41) is 14.3. The highest BCUT2D eigenvalue weighted by molar-refractivity contribution is 7.99. The summed E-state index contributed by atoms with van der Waals surface area (Å²) < 4.78 is 0. The molecule has 1 amide bonds. The summed E-state index contributed by atoms with van der Waals surface area (Å²) in [7, 11) is 1.86. The largest absolute Gasteiger partial charge is 0.465 e. The van der Waals surface area contributed by atoms with Gasteiger partial charge in [0.2, 0.25) is 0 Å². The van der Waals surface area contributed by atoms with E-state index in [1.165, 1.54) is 0 Å². The minimum atomic E-state index is -0.959. The van der Waals surface area contributed by atoms with E-state index in [9.17, 15) is 4.79 Å². The molecule has 0 heterocycles. The van der Waals surface area contributed by atoms with Crippen molar-refractivity contribution in [2.24, 2.45) is 0 Å². The highest BCUT2D eigenvalue weighted by Gasteiger charge is 2.11. The number of hydrogen-bond acceptors (Lipinski definition) is 3. The number of rotatable bonds is 7. The first-order valence-electron chi connectivity index (χ1n) is 5.54. The molecular weight excluding hydrogens is 236 g/mol. The second-order valence-corrected chi connectivity index (χ2v) is 4.76. The van der Waals surface area contributed by atoms with Crippen LogP contribution < -0.4 is 10.6 Å². The Balaban J connectivity index is 2.40. The normalized spacial score (nSPS) is 12.1. The molecule has 0 aliphatic heterocycles. The molecule has 0 aliphatic carbocycles. The standard InChI is InChI=1S/C12H18N2O2S/c1-13-8-7-10(14-12(15)16)9-17-11-5-3-2-4-6-11/h2-6,10,13-14H,7-9H2,1H3,(H,15,16)/t10-/m1/s1. The molecule has 1 aromatic rings. The number of thioether (sulfide) groups is 1. The average molecular weight is 254 g/mol. The molecule has 0 unspecified atom stereocenters. The fraction of sp³-hybridized carbons (Fsp3) is 0.417. The van der Waals surface area contributed by atoms with Crippen LogP contribution in [0.5, 0.6) is 0 Å². The van der Waals surface area contributed by atoms with Crippen molar-refractivity contribution in [1.82, 2.24) is 10.6 Å². The van der Waals surface area contributed by atoms with Crippen LogP contribution >= 0.6 is 11.8 Å². The monoisotopic (exact) mass is 254 g/mol. The van der Waals surface area contributed by atoms with Crippen LogP contribution in [0.2, 0.25) is 0 Å². The van der Waals surface area contributed by atoms with Crippen molar-refractivity contribution in [2.45, 2.75) is 17.4 Å². The molecule has 1 rings (SSSR count). The van der Waals surface area contributed by atoms with Gasteiger partial charge in [-0.2, -0.15) is 0 Å². The number of benzene rings is 1. The van der Waals surface area contributed by atoms with E-state index in [0.717, 1.165) is 23.6 Å². The van der Waals surface area contributed by atoms with E-state index in [2.05, 4.69) is 10.6 Å². The molecule has 17 heavy (non-hydrogen) atoms. The third kappa shape index (κ3) is 6.19. The van der Waals surface area contributed by atoms with Gasteiger partial charge >= 0.3 is 6.09 Å². The number of carbonyl (C=O) groups is 1. The van der Waals surface area contributed by atoms with Gasteiger partial charge in [-0.15, -0.1) is 11.8 Å². The molecule has 0 fully saturated rings. The van der Waals surface area contributed by atoms with Crippen LogP contribution in [0.4, 0.5) is 4.79 Å². The predicted octanol–water partition coefficient (Wildman–Crippen LogP) is 2.02. The van der Waals surface area contributed by atoms with Crippen LogP contribution in [0.3, 0.4) is 0 Å². The molecular formula is C12H18N2O2S. The van der Waals surface area contributed by atoms with Gasteiger partial charge in [0, 0.05) is 16.7 Å². The quantitative estimate of drug-likeness (QED) is 0.652. The summed E-state index contributed by atoms with van der Waals surface area (Å²) in [5.74, 6) is 0.748. The predicted molar refractivity (Wildman–Crippen MR) is 70.7 cm³/mol. The molecule has 0 aliphatic rings. The second-order valence-electron chi connectivity index (χ2n) is 3.66. The molecule has 0 saturated carbocycles. The van der Waals surface area contributed by atoms with Crippen molar-refractivity contribution in [3.63, 3.8) is 0 Å². The maximum absolute atomic E-state index is 10.6. The Morgan fingerprint density at radius 2 is 2.12 bits per heavy atom. The smallest absolute Gasteiger partial charge is 0.404 e. The molecule has 0 radical (unpaired) electrons. The third-order valence-corrected chi connectivity index (χ3v) is 3.44. The first kappa shape index (κ1) is 13.9. The maximum atomic E-state index is 10.6. The highest BCUT2D eigenvalue weighted by Crippen LogP contribution is 2.18. The Kier molecular flexibility index (Phi) is 6.50. The van der Waals surface area contributed by atoms with E-state index < -0.39 is 6.09 Å². The fourth-order valence-electron chi connectivity index (χ4n) is 1.40. The van der Waals surface area contributed by atoms with E-state index in [1.807, 2.05) is 37.4 Å². The molecule has 1 atom stereocenters. The summed E-state index contributed by atoms with van der Waals surface area (Å²) >= 11 is 1.67. The van der Waals surface area contributed by atoms with E-state index in [-0.39, 0.29) is 6.04 Å². The van der Waals surface area contributed by atoms with Gasteiger partial charge in [0.15, 0.2) is 0 Å². The Bertz CT molecular complexity index is 333. The molecule has 0 saturated heterocycles. The second kappa shape index (κ2) is 7.97. The van der Waals surface area contributed by atoms with Crippen molar-refractivity contribution in [3.8, 4) is 0 Å². The molecule has 4 nitrogen and oxygen atoms in total. The summed E-state index contributed by atoms with van der Waals surface area (Å²) in [4.78, 5) is 11.8. The lowest BCUT2D eigenvalue weighted by Gasteiger charge is -2.16. The maximum Gasteiger partial charge on any atom is 0.404 e. The van der Waals surface area contributed by atoms with Crippen molar-refractivity contribution < 1.29 is 9.90 Å². The Morgan fingerprint density at radius 1 is 1.41 bits per heavy atom. The molecule has 94 valence electrons. The van der Waals surface area contributed by atoms with Crippen molar-refractivity contribution in [1.29, 1.82) is 0 Å². The zero-order chi connectivity index (χ0) is 12.5. The van der Waals surface area contributed by atoms with Gasteiger partial charge in [0.25, 0.3) is 0 Å². The van der Waals surface area contributed by atoms with E-state index >= 15 is 0 Å². The Hall–Kier alpha value is -1.20. The average Bonchev–Trinajstić information content (AvgIpc) is 2.33. The van der Waals surface area contributed by atoms with Gasteiger partial charge in [-0.25, -0.2) is 4.79 Å². The number of amides is 1. The fourth-order valence-corrected chi connectivity index (χ4v) is 2.40. The van der Waals surface area contributed by atoms with Crippen LogP contribution in [0, 0.1) is 0 Å². The first-order chi connectivity index (χ1) is 8.22. The van der Waals surface area contributed by atoms with Crippen molar-refractivity contribution >= 4 is 17.9 Å². The van der Waals surface area contributed by atoms with Crippen LogP contribution in [-0.2, 0) is 0 Å². The number of hydrogen-bond donors (Lipinski definition) is 3. The zero-order valence-electron chi connectivity index (χ0n) is 9.85. The minimum Gasteiger partial charge on any atom is -0.465 e. The summed E-state index contributed by atoms with van der Waals surface area (Å²) in [5.41, 5.74) is 0. The van der Waals surface area contributed by atoms with Crippen LogP contribution in [0.1, 0.15) is 6.42 Å². The lowest BCUT2D eigenvalue weighted by Crippen LogP contribution is -2.37. The molecule has 0 aromatic heterocycles. The Labute approximate surface area is 106 Å². The highest BCUT2D eigenvalue weighted by atomic mass is 32.2. The summed E-state index contributed by atoms with van der Waals surface area (Å²) in [6, 6.07) is 9.97. The molecule has 0 bridgehead atoms.